The first-order chi connectivity index (χ1) is 19.2. The zero-order valence-electron chi connectivity index (χ0n) is 23.1. The van der Waals surface area contributed by atoms with E-state index in [-0.39, 0.29) is 5.41 Å². The van der Waals surface area contributed by atoms with Gasteiger partial charge in [0, 0.05) is 27.8 Å². The number of hydrogen-bond donors (Lipinski definition) is 1. The average Bonchev–Trinajstić information content (AvgIpc) is 2.95. The highest BCUT2D eigenvalue weighted by molar-refractivity contribution is 6.31. The van der Waals surface area contributed by atoms with Crippen molar-refractivity contribution in [3.63, 3.8) is 0 Å². The Morgan fingerprint density at radius 2 is 1.77 bits per heavy atom. The number of carboxylic acids is 1. The normalized spacial score (nSPS) is 16.4. The molecule has 5 rings (SSSR count). The van der Waals surface area contributed by atoms with Crippen molar-refractivity contribution >= 4 is 40.6 Å². The summed E-state index contributed by atoms with van der Waals surface area (Å²) in [6.45, 7) is 7.33. The van der Waals surface area contributed by atoms with E-state index in [4.69, 9.17) is 26.1 Å². The van der Waals surface area contributed by atoms with Gasteiger partial charge in [0.25, 0.3) is 0 Å². The first kappa shape index (κ1) is 28.0. The summed E-state index contributed by atoms with van der Waals surface area (Å²) in [5.74, 6) is -1.89. The largest absolute Gasteiger partial charge is 0.478 e. The minimum atomic E-state index is -0.976. The number of benzene rings is 3. The lowest BCUT2D eigenvalue weighted by atomic mass is 9.89. The summed E-state index contributed by atoms with van der Waals surface area (Å²) in [5, 5.41) is 11.5. The molecular formula is C34H34ClNO4. The van der Waals surface area contributed by atoms with Crippen molar-refractivity contribution in [3.05, 3.63) is 111 Å². The molecule has 4 aromatic rings. The van der Waals surface area contributed by atoms with E-state index in [0.29, 0.717) is 36.6 Å². The second kappa shape index (κ2) is 11.5. The Balaban J connectivity index is 1.43. The van der Waals surface area contributed by atoms with Gasteiger partial charge >= 0.3 is 5.97 Å². The van der Waals surface area contributed by atoms with E-state index in [1.807, 2.05) is 79.7 Å². The van der Waals surface area contributed by atoms with Crippen molar-refractivity contribution in [3.8, 4) is 0 Å². The molecule has 1 N–H and O–H groups in total. The minimum absolute atomic E-state index is 0.110. The smallest absolute Gasteiger partial charge is 0.335 e. The highest BCUT2D eigenvalue weighted by Gasteiger charge is 2.42. The summed E-state index contributed by atoms with van der Waals surface area (Å²) in [5.41, 5.74) is 5.59. The number of fused-ring (bicyclic) bond motifs is 1. The molecule has 0 aliphatic carbocycles. The summed E-state index contributed by atoms with van der Waals surface area (Å²) in [6.07, 6.45) is 5.79. The second-order valence-corrected chi connectivity index (χ2v) is 11.6. The summed E-state index contributed by atoms with van der Waals surface area (Å²) >= 11 is 6.16. The van der Waals surface area contributed by atoms with Crippen molar-refractivity contribution in [2.45, 2.75) is 45.8 Å². The molecule has 1 saturated heterocycles. The molecular weight excluding hydrogens is 522 g/mol. The molecule has 0 bridgehead atoms. The third-order valence-corrected chi connectivity index (χ3v) is 7.61. The number of hydrogen-bond acceptors (Lipinski definition) is 4. The number of ether oxygens (including phenoxy) is 2. The first-order valence-electron chi connectivity index (χ1n) is 13.6. The Morgan fingerprint density at radius 1 is 1.00 bits per heavy atom. The Morgan fingerprint density at radius 3 is 2.52 bits per heavy atom. The van der Waals surface area contributed by atoms with Crippen LogP contribution in [0.2, 0.25) is 5.02 Å². The SMILES string of the molecule is CCc1ccc(CCC2(c3cccc(/C=C/c4ccc5ccc(Cl)cc5n4)c3)OCC(C)(C)CO2)c(C(=O)O)c1. The first-order valence-corrected chi connectivity index (χ1v) is 14.0. The Bertz CT molecular complexity index is 1570. The molecule has 0 radical (unpaired) electrons. The van der Waals surface area contributed by atoms with Gasteiger partial charge in [0.15, 0.2) is 5.79 Å². The van der Waals surface area contributed by atoms with Crippen LogP contribution >= 0.6 is 11.6 Å². The van der Waals surface area contributed by atoms with Gasteiger partial charge in [0.05, 0.1) is 30.0 Å². The van der Waals surface area contributed by atoms with Crippen LogP contribution in [0.4, 0.5) is 0 Å². The molecule has 206 valence electrons. The molecule has 0 amide bonds. The molecule has 0 spiro atoms. The van der Waals surface area contributed by atoms with E-state index in [1.165, 1.54) is 0 Å². The van der Waals surface area contributed by atoms with E-state index in [9.17, 15) is 9.90 Å². The topological polar surface area (TPSA) is 68.7 Å². The van der Waals surface area contributed by atoms with E-state index in [0.717, 1.165) is 45.3 Å². The zero-order chi connectivity index (χ0) is 28.3. The quantitative estimate of drug-likeness (QED) is 0.237. The Hall–Kier alpha value is -3.51. The lowest BCUT2D eigenvalue weighted by molar-refractivity contribution is -0.310. The molecule has 1 fully saturated rings. The third kappa shape index (κ3) is 6.28. The van der Waals surface area contributed by atoms with Crippen molar-refractivity contribution in [1.29, 1.82) is 0 Å². The number of aromatic carboxylic acids is 1. The molecule has 0 atom stereocenters. The zero-order valence-corrected chi connectivity index (χ0v) is 23.9. The highest BCUT2D eigenvalue weighted by Crippen LogP contribution is 2.40. The van der Waals surface area contributed by atoms with Gasteiger partial charge in [-0.3, -0.25) is 0 Å². The molecule has 0 saturated carbocycles. The second-order valence-electron chi connectivity index (χ2n) is 11.2. The van der Waals surface area contributed by atoms with E-state index in [2.05, 4.69) is 19.9 Å². The number of carboxylic acid groups (broad SMARTS) is 1. The van der Waals surface area contributed by atoms with Crippen LogP contribution < -0.4 is 0 Å². The fraction of sp³-hybridized carbons (Fsp3) is 0.294. The van der Waals surface area contributed by atoms with Gasteiger partial charge in [0.1, 0.15) is 0 Å². The number of carbonyl (C=O) groups is 1. The number of aryl methyl sites for hydroxylation is 2. The Kier molecular flexibility index (Phi) is 8.09. The van der Waals surface area contributed by atoms with E-state index >= 15 is 0 Å². The van der Waals surface area contributed by atoms with Crippen LogP contribution in [0.1, 0.15) is 65.5 Å². The van der Waals surface area contributed by atoms with Gasteiger partial charge < -0.3 is 14.6 Å². The average molecular weight is 556 g/mol. The number of pyridine rings is 1. The van der Waals surface area contributed by atoms with E-state index < -0.39 is 11.8 Å². The van der Waals surface area contributed by atoms with Gasteiger partial charge in [-0.05, 0) is 65.9 Å². The summed E-state index contributed by atoms with van der Waals surface area (Å²) < 4.78 is 13.0. The number of halogens is 1. The predicted molar refractivity (Wildman–Crippen MR) is 161 cm³/mol. The monoisotopic (exact) mass is 555 g/mol. The van der Waals surface area contributed by atoms with Crippen molar-refractivity contribution in [2.24, 2.45) is 5.41 Å². The van der Waals surface area contributed by atoms with Gasteiger partial charge in [-0.2, -0.15) is 0 Å². The molecule has 2 heterocycles. The lowest BCUT2D eigenvalue weighted by Gasteiger charge is -2.44. The van der Waals surface area contributed by atoms with Crippen LogP contribution in [0, 0.1) is 5.41 Å². The fourth-order valence-corrected chi connectivity index (χ4v) is 5.15. The molecule has 1 aromatic heterocycles. The summed E-state index contributed by atoms with van der Waals surface area (Å²) in [6, 6.07) is 23.5. The standard InChI is InChI=1S/C34H34ClNO4/c1-4-23-8-10-25(30(19-23)32(37)38)16-17-34(39-21-33(2,3)22-40-34)27-7-5-6-24(18-27)9-14-29-15-12-26-11-13-28(35)20-31(26)36-29/h5-15,18-20H,4,16-17,21-22H2,1-3H3,(H,37,38)/b14-9+. The van der Waals surface area contributed by atoms with Crippen molar-refractivity contribution in [2.75, 3.05) is 13.2 Å². The number of rotatable bonds is 8. The maximum atomic E-state index is 12.0. The van der Waals surface area contributed by atoms with Gasteiger partial charge in [-0.1, -0.05) is 80.9 Å². The number of nitrogens with zero attached hydrogens (tertiary/aromatic N) is 1. The maximum Gasteiger partial charge on any atom is 0.335 e. The maximum absolute atomic E-state index is 12.0. The van der Waals surface area contributed by atoms with Crippen LogP contribution in [-0.4, -0.2) is 29.3 Å². The summed E-state index contributed by atoms with van der Waals surface area (Å²) in [4.78, 5) is 16.7. The van der Waals surface area contributed by atoms with Gasteiger partial charge in [-0.15, -0.1) is 0 Å². The van der Waals surface area contributed by atoms with Crippen LogP contribution in [0.15, 0.2) is 72.8 Å². The highest BCUT2D eigenvalue weighted by atomic mass is 35.5. The Labute approximate surface area is 240 Å². The molecule has 40 heavy (non-hydrogen) atoms. The molecule has 3 aromatic carbocycles. The molecule has 1 aliphatic heterocycles. The van der Waals surface area contributed by atoms with Crippen molar-refractivity contribution < 1.29 is 19.4 Å². The van der Waals surface area contributed by atoms with Gasteiger partial charge in [0.2, 0.25) is 0 Å². The van der Waals surface area contributed by atoms with Crippen LogP contribution in [0.25, 0.3) is 23.1 Å². The van der Waals surface area contributed by atoms with E-state index in [1.54, 1.807) is 6.07 Å². The van der Waals surface area contributed by atoms with Crippen molar-refractivity contribution in [1.82, 2.24) is 4.98 Å². The van der Waals surface area contributed by atoms with Crippen LogP contribution in [0.3, 0.4) is 0 Å². The summed E-state index contributed by atoms with van der Waals surface area (Å²) in [7, 11) is 0. The van der Waals surface area contributed by atoms with Crippen LogP contribution in [0.5, 0.6) is 0 Å². The molecule has 1 aliphatic rings. The lowest BCUT2D eigenvalue weighted by Crippen LogP contribution is -2.46. The van der Waals surface area contributed by atoms with Crippen LogP contribution in [-0.2, 0) is 28.1 Å². The van der Waals surface area contributed by atoms with Gasteiger partial charge in [-0.25, -0.2) is 9.78 Å². The molecule has 6 heteroatoms. The fourth-order valence-electron chi connectivity index (χ4n) is 4.98. The molecule has 0 unspecified atom stereocenters. The predicted octanol–water partition coefficient (Wildman–Crippen LogP) is 8.18. The molecule has 5 nitrogen and oxygen atoms in total. The minimum Gasteiger partial charge on any atom is -0.478 e. The number of aromatic nitrogens is 1. The third-order valence-electron chi connectivity index (χ3n) is 7.38.